The minimum absolute atomic E-state index is 0.246. The summed E-state index contributed by atoms with van der Waals surface area (Å²) >= 11 is 3.42. The van der Waals surface area contributed by atoms with Crippen molar-refractivity contribution in [1.82, 2.24) is 0 Å². The summed E-state index contributed by atoms with van der Waals surface area (Å²) in [5.74, 6) is 0.488. The predicted octanol–water partition coefficient (Wildman–Crippen LogP) is 3.23. The highest BCUT2D eigenvalue weighted by atomic mass is 79.9. The molecule has 5 heteroatoms. The zero-order chi connectivity index (χ0) is 14.0. The fraction of sp³-hybridized carbons (Fsp3) is 0.0714. The van der Waals surface area contributed by atoms with E-state index in [1.165, 1.54) is 0 Å². The molecule has 2 aromatic carbocycles. The Kier molecular flexibility index (Phi) is 3.76. The second-order valence-electron chi connectivity index (χ2n) is 4.09. The first-order valence-corrected chi connectivity index (χ1v) is 6.40. The Morgan fingerprint density at radius 1 is 1.26 bits per heavy atom. The summed E-state index contributed by atoms with van der Waals surface area (Å²) in [6, 6.07) is 10.5. The van der Waals surface area contributed by atoms with Crippen molar-refractivity contribution < 1.29 is 9.53 Å². The molecular formula is C14H13BrN2O2. The molecule has 2 aromatic rings. The van der Waals surface area contributed by atoms with Gasteiger partial charge in [-0.2, -0.15) is 0 Å². The van der Waals surface area contributed by atoms with Crippen molar-refractivity contribution in [3.05, 3.63) is 52.0 Å². The summed E-state index contributed by atoms with van der Waals surface area (Å²) in [5.41, 5.74) is 12.7. The summed E-state index contributed by atoms with van der Waals surface area (Å²) in [7, 11) is 0. The normalized spacial score (nSPS) is 10.2. The summed E-state index contributed by atoms with van der Waals surface area (Å²) in [4.78, 5) is 11.2. The van der Waals surface area contributed by atoms with E-state index in [-0.39, 0.29) is 11.3 Å². The van der Waals surface area contributed by atoms with Gasteiger partial charge in [0.05, 0.1) is 11.3 Å². The van der Waals surface area contributed by atoms with Crippen LogP contribution < -0.4 is 16.2 Å². The predicted molar refractivity (Wildman–Crippen MR) is 78.3 cm³/mol. The molecule has 4 N–H and O–H groups in total. The minimum Gasteiger partial charge on any atom is -0.455 e. The van der Waals surface area contributed by atoms with Gasteiger partial charge < -0.3 is 16.2 Å². The smallest absolute Gasteiger partial charge is 0.250 e. The van der Waals surface area contributed by atoms with Crippen LogP contribution in [0.2, 0.25) is 0 Å². The Balaban J connectivity index is 2.35. The Labute approximate surface area is 119 Å². The second kappa shape index (κ2) is 5.32. The van der Waals surface area contributed by atoms with Crippen LogP contribution in [0, 0.1) is 6.92 Å². The summed E-state index contributed by atoms with van der Waals surface area (Å²) < 4.78 is 6.68. The highest BCUT2D eigenvalue weighted by molar-refractivity contribution is 9.10. The Bertz CT molecular complexity index is 641. The highest BCUT2D eigenvalue weighted by Gasteiger charge is 2.11. The molecule has 0 unspecified atom stereocenters. The zero-order valence-electron chi connectivity index (χ0n) is 10.3. The highest BCUT2D eigenvalue weighted by Crippen LogP contribution is 2.31. The van der Waals surface area contributed by atoms with Gasteiger partial charge in [0.2, 0.25) is 0 Å². The number of primary amides is 1. The monoisotopic (exact) mass is 320 g/mol. The Hall–Kier alpha value is -2.01. The third-order valence-electron chi connectivity index (χ3n) is 2.69. The number of halogens is 1. The van der Waals surface area contributed by atoms with Crippen LogP contribution in [-0.2, 0) is 0 Å². The van der Waals surface area contributed by atoms with E-state index in [9.17, 15) is 4.79 Å². The number of ether oxygens (including phenoxy) is 1. The van der Waals surface area contributed by atoms with Crippen LogP contribution in [0.5, 0.6) is 11.5 Å². The van der Waals surface area contributed by atoms with Gasteiger partial charge >= 0.3 is 0 Å². The van der Waals surface area contributed by atoms with Crippen LogP contribution in [0.4, 0.5) is 5.69 Å². The van der Waals surface area contributed by atoms with Crippen LogP contribution >= 0.6 is 15.9 Å². The maximum atomic E-state index is 11.2. The molecular weight excluding hydrogens is 308 g/mol. The van der Waals surface area contributed by atoms with Gasteiger partial charge in [-0.25, -0.2) is 0 Å². The van der Waals surface area contributed by atoms with E-state index in [0.717, 1.165) is 10.0 Å². The molecule has 0 bridgehead atoms. The summed E-state index contributed by atoms with van der Waals surface area (Å²) in [6.45, 7) is 1.96. The molecule has 19 heavy (non-hydrogen) atoms. The van der Waals surface area contributed by atoms with Gasteiger partial charge in [0, 0.05) is 4.47 Å². The number of para-hydroxylation sites is 1. The van der Waals surface area contributed by atoms with Crippen LogP contribution in [0.1, 0.15) is 15.9 Å². The van der Waals surface area contributed by atoms with Crippen LogP contribution in [0.15, 0.2) is 40.9 Å². The number of carbonyl (C=O) groups excluding carboxylic acids is 1. The average Bonchev–Trinajstić information content (AvgIpc) is 2.36. The van der Waals surface area contributed by atoms with Crippen molar-refractivity contribution >= 4 is 27.5 Å². The van der Waals surface area contributed by atoms with E-state index < -0.39 is 5.91 Å². The zero-order valence-corrected chi connectivity index (χ0v) is 11.9. The minimum atomic E-state index is -0.574. The van der Waals surface area contributed by atoms with E-state index in [1.54, 1.807) is 18.2 Å². The first kappa shape index (κ1) is 13.4. The first-order valence-electron chi connectivity index (χ1n) is 5.61. The number of aryl methyl sites for hydroxylation is 1. The molecule has 0 spiro atoms. The lowest BCUT2D eigenvalue weighted by atomic mass is 10.1. The molecule has 1 amide bonds. The number of anilines is 1. The fourth-order valence-electron chi connectivity index (χ4n) is 1.66. The molecule has 0 radical (unpaired) electrons. The number of amides is 1. The lowest BCUT2D eigenvalue weighted by Gasteiger charge is -2.11. The van der Waals surface area contributed by atoms with Gasteiger partial charge in [-0.15, -0.1) is 0 Å². The Morgan fingerprint density at radius 2 is 2.00 bits per heavy atom. The number of hydrogen-bond donors (Lipinski definition) is 2. The molecule has 98 valence electrons. The van der Waals surface area contributed by atoms with Gasteiger partial charge in [0.25, 0.3) is 5.91 Å². The molecule has 0 heterocycles. The number of rotatable bonds is 3. The first-order chi connectivity index (χ1) is 8.99. The fourth-order valence-corrected chi connectivity index (χ4v) is 1.90. The number of carbonyl (C=O) groups is 1. The third kappa shape index (κ3) is 2.88. The number of hydrogen-bond acceptors (Lipinski definition) is 3. The molecule has 0 atom stereocenters. The van der Waals surface area contributed by atoms with Crippen molar-refractivity contribution in [3.8, 4) is 11.5 Å². The van der Waals surface area contributed by atoms with Crippen LogP contribution in [0.3, 0.4) is 0 Å². The molecule has 0 aliphatic rings. The number of nitrogens with two attached hydrogens (primary N) is 2. The topological polar surface area (TPSA) is 78.3 Å². The number of benzene rings is 2. The van der Waals surface area contributed by atoms with E-state index in [1.807, 2.05) is 25.1 Å². The van der Waals surface area contributed by atoms with E-state index >= 15 is 0 Å². The van der Waals surface area contributed by atoms with E-state index in [0.29, 0.717) is 11.5 Å². The third-order valence-corrected chi connectivity index (χ3v) is 3.58. The van der Waals surface area contributed by atoms with Crippen molar-refractivity contribution in [1.29, 1.82) is 0 Å². The molecule has 0 aliphatic carbocycles. The van der Waals surface area contributed by atoms with Crippen molar-refractivity contribution in [2.24, 2.45) is 5.73 Å². The molecule has 0 fully saturated rings. The number of nitrogen functional groups attached to an aromatic ring is 1. The largest absolute Gasteiger partial charge is 0.455 e. The van der Waals surface area contributed by atoms with Crippen molar-refractivity contribution in [2.45, 2.75) is 6.92 Å². The molecule has 0 saturated heterocycles. The van der Waals surface area contributed by atoms with Crippen molar-refractivity contribution in [2.75, 3.05) is 5.73 Å². The SMILES string of the molecule is Cc1cc(Oc2cccc(C(N)=O)c2N)ccc1Br. The van der Waals surface area contributed by atoms with E-state index in [2.05, 4.69) is 15.9 Å². The molecule has 2 rings (SSSR count). The van der Waals surface area contributed by atoms with Gasteiger partial charge in [-0.05, 0) is 42.8 Å². The molecule has 4 nitrogen and oxygen atoms in total. The van der Waals surface area contributed by atoms with Crippen molar-refractivity contribution in [3.63, 3.8) is 0 Å². The van der Waals surface area contributed by atoms with Gasteiger partial charge in [0.1, 0.15) is 5.75 Å². The molecule has 0 saturated carbocycles. The lowest BCUT2D eigenvalue weighted by molar-refractivity contribution is 0.100. The second-order valence-corrected chi connectivity index (χ2v) is 4.95. The summed E-state index contributed by atoms with van der Waals surface area (Å²) in [6.07, 6.45) is 0. The standard InChI is InChI=1S/C14H13BrN2O2/c1-8-7-9(5-6-11(8)15)19-12-4-2-3-10(13(12)16)14(17)18/h2-7H,16H2,1H3,(H2,17,18). The van der Waals surface area contributed by atoms with Gasteiger partial charge in [-0.1, -0.05) is 22.0 Å². The maximum Gasteiger partial charge on any atom is 0.250 e. The van der Waals surface area contributed by atoms with Crippen LogP contribution in [0.25, 0.3) is 0 Å². The lowest BCUT2D eigenvalue weighted by Crippen LogP contribution is -2.13. The Morgan fingerprint density at radius 3 is 2.63 bits per heavy atom. The quantitative estimate of drug-likeness (QED) is 0.852. The van der Waals surface area contributed by atoms with E-state index in [4.69, 9.17) is 16.2 Å². The van der Waals surface area contributed by atoms with Crippen LogP contribution in [-0.4, -0.2) is 5.91 Å². The summed E-state index contributed by atoms with van der Waals surface area (Å²) in [5, 5.41) is 0. The molecule has 0 aliphatic heterocycles. The van der Waals surface area contributed by atoms with Gasteiger partial charge in [-0.3, -0.25) is 4.79 Å². The average molecular weight is 321 g/mol. The maximum absolute atomic E-state index is 11.2. The molecule has 0 aromatic heterocycles. The van der Waals surface area contributed by atoms with Gasteiger partial charge in [0.15, 0.2) is 5.75 Å².